The van der Waals surface area contributed by atoms with Crippen LogP contribution in [-0.2, 0) is 19.1 Å². The summed E-state index contributed by atoms with van der Waals surface area (Å²) < 4.78 is 9.94. The van der Waals surface area contributed by atoms with E-state index < -0.39 is 0 Å². The summed E-state index contributed by atoms with van der Waals surface area (Å²) in [7, 11) is 2.67. The van der Waals surface area contributed by atoms with E-state index in [1.165, 1.54) is 14.2 Å². The first-order valence-electron chi connectivity index (χ1n) is 5.47. The molecule has 4 heteroatoms. The predicted molar refractivity (Wildman–Crippen MR) is 67.7 cm³/mol. The van der Waals surface area contributed by atoms with Crippen LogP contribution in [0.5, 0.6) is 0 Å². The highest BCUT2D eigenvalue weighted by atomic mass is 16.5. The molecule has 0 unspecified atom stereocenters. The number of hydrogen-bond donors (Lipinski definition) is 0. The van der Waals surface area contributed by atoms with Crippen LogP contribution in [0.3, 0.4) is 0 Å². The second-order valence-electron chi connectivity index (χ2n) is 3.67. The molecule has 0 heterocycles. The van der Waals surface area contributed by atoms with Gasteiger partial charge >= 0.3 is 0 Å². The molecule has 0 bridgehead atoms. The first-order valence-corrected chi connectivity index (χ1v) is 5.47. The molecule has 0 amide bonds. The maximum absolute atomic E-state index is 12.2. The molecular weight excluding hydrogens is 232 g/mol. The van der Waals surface area contributed by atoms with Crippen LogP contribution >= 0.6 is 0 Å². The highest BCUT2D eigenvalue weighted by Gasteiger charge is 2.35. The number of carbonyl (C=O) groups is 2. The second-order valence-corrected chi connectivity index (χ2v) is 3.67. The van der Waals surface area contributed by atoms with Gasteiger partial charge in [0.2, 0.25) is 23.1 Å². The predicted octanol–water partition coefficient (Wildman–Crippen LogP) is 2.09. The second kappa shape index (κ2) is 6.00. The smallest absolute Gasteiger partial charge is 0.228 e. The monoisotopic (exact) mass is 248 g/mol. The summed E-state index contributed by atoms with van der Waals surface area (Å²) in [6.07, 6.45) is 3.79. The molecule has 0 fully saturated rings. The standard InChI is InChI=1S/C14H16O4/c1-5-7-9-10(8-6-2)12(16)14(18-4)13(17-3)11(9)15/h5-6H,1-2,7-8H2,3-4H3. The Morgan fingerprint density at radius 2 is 1.22 bits per heavy atom. The zero-order valence-corrected chi connectivity index (χ0v) is 10.6. The van der Waals surface area contributed by atoms with E-state index in [1.807, 2.05) is 0 Å². The lowest BCUT2D eigenvalue weighted by atomic mass is 9.88. The lowest BCUT2D eigenvalue weighted by Gasteiger charge is -2.20. The molecule has 4 nitrogen and oxygen atoms in total. The molecule has 1 rings (SSSR count). The maximum atomic E-state index is 12.2. The Kier molecular flexibility index (Phi) is 4.66. The van der Waals surface area contributed by atoms with Crippen LogP contribution in [0.4, 0.5) is 0 Å². The van der Waals surface area contributed by atoms with Crippen LogP contribution in [0, 0.1) is 0 Å². The van der Waals surface area contributed by atoms with Gasteiger partial charge in [-0.1, -0.05) is 12.2 Å². The Labute approximate surface area is 106 Å². The third kappa shape index (κ3) is 2.27. The highest BCUT2D eigenvalue weighted by Crippen LogP contribution is 2.29. The average molecular weight is 248 g/mol. The van der Waals surface area contributed by atoms with Gasteiger partial charge in [-0.2, -0.15) is 0 Å². The van der Waals surface area contributed by atoms with E-state index in [9.17, 15) is 9.59 Å². The van der Waals surface area contributed by atoms with Crippen molar-refractivity contribution in [3.63, 3.8) is 0 Å². The van der Waals surface area contributed by atoms with Gasteiger partial charge in [0, 0.05) is 11.1 Å². The van der Waals surface area contributed by atoms with Crippen molar-refractivity contribution in [3.05, 3.63) is 48.0 Å². The topological polar surface area (TPSA) is 52.6 Å². The van der Waals surface area contributed by atoms with Gasteiger partial charge in [0.25, 0.3) is 0 Å². The van der Waals surface area contributed by atoms with Crippen molar-refractivity contribution in [3.8, 4) is 0 Å². The van der Waals surface area contributed by atoms with Crippen molar-refractivity contribution in [1.82, 2.24) is 0 Å². The summed E-state index contributed by atoms with van der Waals surface area (Å²) in [5.41, 5.74) is 0.792. The van der Waals surface area contributed by atoms with Crippen molar-refractivity contribution >= 4 is 11.6 Å². The molecular formula is C14H16O4. The number of ether oxygens (including phenoxy) is 2. The fourth-order valence-corrected chi connectivity index (χ4v) is 1.85. The SMILES string of the molecule is C=CCC1=C(CC=C)C(=O)C(OC)=C(OC)C1=O. The van der Waals surface area contributed by atoms with Crippen molar-refractivity contribution in [2.24, 2.45) is 0 Å². The summed E-state index contributed by atoms with van der Waals surface area (Å²) >= 11 is 0. The van der Waals surface area contributed by atoms with E-state index in [1.54, 1.807) is 12.2 Å². The zero-order valence-electron chi connectivity index (χ0n) is 10.6. The molecule has 96 valence electrons. The lowest BCUT2D eigenvalue weighted by molar-refractivity contribution is -0.121. The van der Waals surface area contributed by atoms with E-state index >= 15 is 0 Å². The number of hydrogen-bond acceptors (Lipinski definition) is 4. The molecule has 0 aromatic carbocycles. The summed E-state index contributed by atoms with van der Waals surface area (Å²) in [6.45, 7) is 7.17. The Balaban J connectivity index is 3.38. The van der Waals surface area contributed by atoms with Crippen LogP contribution in [0.2, 0.25) is 0 Å². The van der Waals surface area contributed by atoms with Crippen LogP contribution in [0.25, 0.3) is 0 Å². The van der Waals surface area contributed by atoms with Gasteiger partial charge in [-0.25, -0.2) is 0 Å². The van der Waals surface area contributed by atoms with Crippen LogP contribution < -0.4 is 0 Å². The molecule has 0 spiro atoms. The van der Waals surface area contributed by atoms with Crippen LogP contribution in [-0.4, -0.2) is 25.8 Å². The fraction of sp³-hybridized carbons (Fsp3) is 0.286. The molecule has 0 aliphatic heterocycles. The minimum atomic E-state index is -0.328. The maximum Gasteiger partial charge on any atom is 0.228 e. The Morgan fingerprint density at radius 1 is 0.889 bits per heavy atom. The van der Waals surface area contributed by atoms with Gasteiger partial charge < -0.3 is 9.47 Å². The Bertz CT molecular complexity index is 424. The van der Waals surface area contributed by atoms with Gasteiger partial charge in [-0.05, 0) is 12.8 Å². The summed E-state index contributed by atoms with van der Waals surface area (Å²) in [5, 5.41) is 0. The van der Waals surface area contributed by atoms with Crippen molar-refractivity contribution in [2.75, 3.05) is 14.2 Å². The van der Waals surface area contributed by atoms with Crippen LogP contribution in [0.15, 0.2) is 48.0 Å². The molecule has 1 aliphatic rings. The summed E-state index contributed by atoms with van der Waals surface area (Å²) in [5.74, 6) is -0.754. The summed E-state index contributed by atoms with van der Waals surface area (Å²) in [4.78, 5) is 24.4. The normalized spacial score (nSPS) is 15.9. The highest BCUT2D eigenvalue weighted by molar-refractivity contribution is 6.23. The molecule has 0 aromatic heterocycles. The third-order valence-electron chi connectivity index (χ3n) is 2.64. The van der Waals surface area contributed by atoms with Gasteiger partial charge in [0.05, 0.1) is 14.2 Å². The molecule has 0 saturated carbocycles. The minimum absolute atomic E-state index is 0.0489. The molecule has 0 radical (unpaired) electrons. The number of rotatable bonds is 6. The van der Waals surface area contributed by atoms with E-state index in [0.717, 1.165) is 0 Å². The van der Waals surface area contributed by atoms with E-state index in [-0.39, 0.29) is 23.1 Å². The lowest BCUT2D eigenvalue weighted by Crippen LogP contribution is -2.25. The van der Waals surface area contributed by atoms with Gasteiger partial charge in [-0.15, -0.1) is 13.2 Å². The first-order chi connectivity index (χ1) is 8.62. The van der Waals surface area contributed by atoms with Gasteiger partial charge in [0.15, 0.2) is 0 Å². The van der Waals surface area contributed by atoms with E-state index in [4.69, 9.17) is 9.47 Å². The van der Waals surface area contributed by atoms with E-state index in [2.05, 4.69) is 13.2 Å². The number of Topliss-reactive ketones (excluding diaryl/α,β-unsaturated/α-hetero) is 2. The van der Waals surface area contributed by atoms with Crippen molar-refractivity contribution in [1.29, 1.82) is 0 Å². The van der Waals surface area contributed by atoms with Gasteiger partial charge in [0.1, 0.15) is 0 Å². The van der Waals surface area contributed by atoms with Crippen molar-refractivity contribution in [2.45, 2.75) is 12.8 Å². The average Bonchev–Trinajstić information content (AvgIpc) is 2.37. The van der Waals surface area contributed by atoms with Gasteiger partial charge in [-0.3, -0.25) is 9.59 Å². The quantitative estimate of drug-likeness (QED) is 0.533. The molecule has 0 aromatic rings. The Morgan fingerprint density at radius 3 is 1.44 bits per heavy atom. The summed E-state index contributed by atoms with van der Waals surface area (Å²) in [6, 6.07) is 0. The third-order valence-corrected chi connectivity index (χ3v) is 2.64. The molecule has 0 atom stereocenters. The molecule has 1 aliphatic carbocycles. The number of methoxy groups -OCH3 is 2. The number of carbonyl (C=O) groups excluding carboxylic acids is 2. The fourth-order valence-electron chi connectivity index (χ4n) is 1.85. The largest absolute Gasteiger partial charge is 0.489 e. The minimum Gasteiger partial charge on any atom is -0.489 e. The molecule has 18 heavy (non-hydrogen) atoms. The van der Waals surface area contributed by atoms with E-state index in [0.29, 0.717) is 24.0 Å². The first kappa shape index (κ1) is 14.0. The molecule has 0 saturated heterocycles. The van der Waals surface area contributed by atoms with Crippen molar-refractivity contribution < 1.29 is 19.1 Å². The zero-order chi connectivity index (χ0) is 13.7. The number of ketones is 2. The number of allylic oxidation sites excluding steroid dienone is 4. The Hall–Kier alpha value is -2.10. The molecule has 0 N–H and O–H groups in total. The van der Waals surface area contributed by atoms with Crippen LogP contribution in [0.1, 0.15) is 12.8 Å².